The molecule has 0 saturated carbocycles. The van der Waals surface area contributed by atoms with Gasteiger partial charge in [-0.2, -0.15) is 0 Å². The van der Waals surface area contributed by atoms with Crippen molar-refractivity contribution in [1.82, 2.24) is 5.32 Å². The van der Waals surface area contributed by atoms with Gasteiger partial charge in [0.2, 0.25) is 0 Å². The average Bonchev–Trinajstić information content (AvgIpc) is 2.86. The zero-order valence-corrected chi connectivity index (χ0v) is 16.9. The smallest absolute Gasteiger partial charge is 0.313 e. The van der Waals surface area contributed by atoms with Gasteiger partial charge in [0.25, 0.3) is 5.91 Å². The van der Waals surface area contributed by atoms with Crippen LogP contribution in [-0.2, 0) is 25.5 Å². The molecular formula is C22H29NO4. The van der Waals surface area contributed by atoms with Crippen molar-refractivity contribution < 1.29 is 19.1 Å². The Morgan fingerprint density at radius 3 is 2.52 bits per heavy atom. The van der Waals surface area contributed by atoms with Crippen molar-refractivity contribution in [3.8, 4) is 0 Å². The van der Waals surface area contributed by atoms with E-state index in [0.29, 0.717) is 37.4 Å². The lowest BCUT2D eigenvalue weighted by molar-refractivity contribution is -0.144. The molecule has 5 nitrogen and oxygen atoms in total. The van der Waals surface area contributed by atoms with Gasteiger partial charge in [-0.25, -0.2) is 0 Å². The van der Waals surface area contributed by atoms with E-state index in [0.717, 1.165) is 28.7 Å². The van der Waals surface area contributed by atoms with Crippen LogP contribution in [0.3, 0.4) is 0 Å². The number of aryl methyl sites for hydroxylation is 3. The number of esters is 1. The molecule has 1 saturated heterocycles. The second-order valence-corrected chi connectivity index (χ2v) is 7.90. The van der Waals surface area contributed by atoms with Crippen LogP contribution in [0, 0.1) is 19.8 Å². The monoisotopic (exact) mass is 371 g/mol. The quantitative estimate of drug-likeness (QED) is 0.824. The summed E-state index contributed by atoms with van der Waals surface area (Å²) < 4.78 is 11.4. The van der Waals surface area contributed by atoms with Gasteiger partial charge in [-0.3, -0.25) is 9.59 Å². The number of hydrogen-bond donors (Lipinski definition) is 1. The Balaban J connectivity index is 2.23. The normalized spacial score (nSPS) is 19.0. The van der Waals surface area contributed by atoms with E-state index in [1.165, 1.54) is 0 Å². The topological polar surface area (TPSA) is 64.6 Å². The molecule has 1 aromatic rings. The molecule has 0 aliphatic carbocycles. The molecule has 5 heteroatoms. The van der Waals surface area contributed by atoms with E-state index in [9.17, 15) is 9.59 Å². The van der Waals surface area contributed by atoms with Crippen LogP contribution in [0.25, 0.3) is 5.57 Å². The highest BCUT2D eigenvalue weighted by Gasteiger charge is 2.49. The van der Waals surface area contributed by atoms with Gasteiger partial charge in [0.1, 0.15) is 11.3 Å². The molecule has 1 aromatic carbocycles. The summed E-state index contributed by atoms with van der Waals surface area (Å²) in [7, 11) is 0. The molecule has 2 aliphatic heterocycles. The molecule has 1 fully saturated rings. The van der Waals surface area contributed by atoms with Gasteiger partial charge in [-0.15, -0.1) is 0 Å². The molecule has 0 aromatic heterocycles. The van der Waals surface area contributed by atoms with Gasteiger partial charge in [0.15, 0.2) is 0 Å². The number of carbonyl (C=O) groups is 2. The van der Waals surface area contributed by atoms with Crippen LogP contribution < -0.4 is 5.32 Å². The largest absolute Gasteiger partial charge is 0.427 e. The summed E-state index contributed by atoms with van der Waals surface area (Å²) in [5.41, 5.74) is 4.04. The first-order valence-electron chi connectivity index (χ1n) is 9.76. The van der Waals surface area contributed by atoms with E-state index in [-0.39, 0.29) is 17.8 Å². The summed E-state index contributed by atoms with van der Waals surface area (Å²) >= 11 is 0. The molecule has 1 N–H and O–H groups in total. The van der Waals surface area contributed by atoms with Gasteiger partial charge in [-0.05, 0) is 37.0 Å². The number of carbonyl (C=O) groups excluding carboxylic acids is 2. The second kappa shape index (κ2) is 7.47. The summed E-state index contributed by atoms with van der Waals surface area (Å²) in [6.45, 7) is 10.8. The first-order chi connectivity index (χ1) is 12.8. The predicted molar refractivity (Wildman–Crippen MR) is 104 cm³/mol. The van der Waals surface area contributed by atoms with E-state index in [1.54, 1.807) is 13.8 Å². The predicted octanol–water partition coefficient (Wildman–Crippen LogP) is 3.46. The lowest BCUT2D eigenvalue weighted by Gasteiger charge is -2.35. The molecule has 27 heavy (non-hydrogen) atoms. The fourth-order valence-corrected chi connectivity index (χ4v) is 4.04. The van der Waals surface area contributed by atoms with Crippen LogP contribution >= 0.6 is 0 Å². The number of rotatable bonds is 4. The average molecular weight is 371 g/mol. The van der Waals surface area contributed by atoms with Gasteiger partial charge in [0, 0.05) is 26.1 Å². The van der Waals surface area contributed by atoms with Crippen molar-refractivity contribution in [1.29, 1.82) is 0 Å². The summed E-state index contributed by atoms with van der Waals surface area (Å²) in [5, 5.41) is 3.14. The van der Waals surface area contributed by atoms with E-state index in [4.69, 9.17) is 9.47 Å². The van der Waals surface area contributed by atoms with E-state index >= 15 is 0 Å². The van der Waals surface area contributed by atoms with Gasteiger partial charge < -0.3 is 14.8 Å². The Hall–Kier alpha value is -2.14. The minimum atomic E-state index is -0.655. The fourth-order valence-electron chi connectivity index (χ4n) is 4.04. The minimum Gasteiger partial charge on any atom is -0.427 e. The molecule has 1 amide bonds. The molecule has 0 bridgehead atoms. The Morgan fingerprint density at radius 2 is 1.93 bits per heavy atom. The minimum absolute atomic E-state index is 0.162. The lowest BCUT2D eigenvalue weighted by Crippen LogP contribution is -2.49. The lowest BCUT2D eigenvalue weighted by atomic mass is 9.85. The summed E-state index contributed by atoms with van der Waals surface area (Å²) in [5.74, 6) is -0.259. The highest BCUT2D eigenvalue weighted by molar-refractivity contribution is 6.24. The molecule has 2 heterocycles. The van der Waals surface area contributed by atoms with Crippen LogP contribution in [0.1, 0.15) is 55.9 Å². The summed E-state index contributed by atoms with van der Waals surface area (Å²) in [4.78, 5) is 25.6. The summed E-state index contributed by atoms with van der Waals surface area (Å²) in [6, 6.07) is 4.19. The molecular weight excluding hydrogens is 342 g/mol. The number of benzene rings is 1. The van der Waals surface area contributed by atoms with Crippen LogP contribution in [0.5, 0.6) is 0 Å². The van der Waals surface area contributed by atoms with Crippen molar-refractivity contribution >= 4 is 17.4 Å². The standard InChI is InChI=1S/C22H29NO4/c1-6-16-12-14(4)11-15(5)17(16)18-19(27-21(25)13(2)3)22(23-20(18)24)7-9-26-10-8-22/h11-13H,6-10H2,1-5H3,(H,23,24). The first-order valence-corrected chi connectivity index (χ1v) is 9.76. The fraction of sp³-hybridized carbons (Fsp3) is 0.545. The zero-order valence-electron chi connectivity index (χ0n) is 16.9. The highest BCUT2D eigenvalue weighted by Crippen LogP contribution is 2.42. The van der Waals surface area contributed by atoms with Crippen LogP contribution in [0.15, 0.2) is 17.9 Å². The number of ether oxygens (including phenoxy) is 2. The van der Waals surface area contributed by atoms with Gasteiger partial charge >= 0.3 is 5.97 Å². The van der Waals surface area contributed by atoms with Crippen LogP contribution in [-0.4, -0.2) is 30.6 Å². The molecule has 0 atom stereocenters. The molecule has 3 rings (SSSR count). The van der Waals surface area contributed by atoms with E-state index in [2.05, 4.69) is 31.3 Å². The van der Waals surface area contributed by atoms with Crippen LogP contribution in [0.4, 0.5) is 0 Å². The SMILES string of the molecule is CCc1cc(C)cc(C)c1C1=C(OC(=O)C(C)C)C2(CCOCC2)NC1=O. The Bertz CT molecular complexity index is 801. The van der Waals surface area contributed by atoms with Gasteiger partial charge in [0.05, 0.1) is 11.5 Å². The maximum Gasteiger partial charge on any atom is 0.313 e. The van der Waals surface area contributed by atoms with Crippen LogP contribution in [0.2, 0.25) is 0 Å². The Morgan fingerprint density at radius 1 is 1.26 bits per heavy atom. The second-order valence-electron chi connectivity index (χ2n) is 7.90. The maximum atomic E-state index is 13.1. The van der Waals surface area contributed by atoms with Crippen molar-refractivity contribution in [2.75, 3.05) is 13.2 Å². The number of amides is 1. The Kier molecular flexibility index (Phi) is 5.43. The molecule has 0 unspecified atom stereocenters. The number of hydrogen-bond acceptors (Lipinski definition) is 4. The van der Waals surface area contributed by atoms with E-state index < -0.39 is 5.54 Å². The van der Waals surface area contributed by atoms with Crippen molar-refractivity contribution in [2.45, 2.75) is 59.4 Å². The molecule has 2 aliphatic rings. The molecule has 146 valence electrons. The van der Waals surface area contributed by atoms with Crippen molar-refractivity contribution in [3.63, 3.8) is 0 Å². The van der Waals surface area contributed by atoms with Gasteiger partial charge in [-0.1, -0.05) is 38.5 Å². The first kappa shape index (κ1) is 19.6. The van der Waals surface area contributed by atoms with Crippen molar-refractivity contribution in [3.05, 3.63) is 40.1 Å². The third-order valence-corrected chi connectivity index (χ3v) is 5.45. The highest BCUT2D eigenvalue weighted by atomic mass is 16.5. The van der Waals surface area contributed by atoms with Crippen molar-refractivity contribution in [2.24, 2.45) is 5.92 Å². The molecule has 1 spiro atoms. The Labute approximate surface area is 161 Å². The third kappa shape index (κ3) is 3.53. The zero-order chi connectivity index (χ0) is 19.8. The van der Waals surface area contributed by atoms with E-state index in [1.807, 2.05) is 6.92 Å². The third-order valence-electron chi connectivity index (χ3n) is 5.45. The summed E-state index contributed by atoms with van der Waals surface area (Å²) in [6.07, 6.45) is 2.01. The number of nitrogens with one attached hydrogen (secondary N) is 1. The molecule has 0 radical (unpaired) electrons. The maximum absolute atomic E-state index is 13.1.